The monoisotopic (exact) mass is 282 g/mol. The minimum absolute atomic E-state index is 0.694. The van der Waals surface area contributed by atoms with E-state index in [9.17, 15) is 0 Å². The number of pyridine rings is 1. The van der Waals surface area contributed by atoms with Crippen LogP contribution in [0.15, 0.2) is 23.0 Å². The standard InChI is InChI=1S/C12H15ClN4S/c1-14-12-4-3-10(13)11(16-12)6-17(2)5-9-7-18-8-15-9/h3-4,7-8H,5-6H2,1-2H3,(H,14,16). The molecule has 18 heavy (non-hydrogen) atoms. The SMILES string of the molecule is CNc1ccc(Cl)c(CN(C)Cc2cscn2)n1. The first kappa shape index (κ1) is 13.3. The van der Waals surface area contributed by atoms with E-state index in [1.807, 2.05) is 31.7 Å². The van der Waals surface area contributed by atoms with Gasteiger partial charge in [0.1, 0.15) is 5.82 Å². The van der Waals surface area contributed by atoms with E-state index in [0.717, 1.165) is 23.8 Å². The highest BCUT2D eigenvalue weighted by Gasteiger charge is 2.08. The summed E-state index contributed by atoms with van der Waals surface area (Å²) in [6, 6.07) is 3.73. The molecule has 2 heterocycles. The second-order valence-corrected chi connectivity index (χ2v) is 5.15. The highest BCUT2D eigenvalue weighted by Crippen LogP contribution is 2.18. The maximum Gasteiger partial charge on any atom is 0.126 e. The zero-order valence-corrected chi connectivity index (χ0v) is 11.9. The van der Waals surface area contributed by atoms with Crippen LogP contribution in [0.1, 0.15) is 11.4 Å². The van der Waals surface area contributed by atoms with Crippen molar-refractivity contribution in [1.29, 1.82) is 0 Å². The summed E-state index contributed by atoms with van der Waals surface area (Å²) in [7, 11) is 3.88. The third-order valence-corrected chi connectivity index (χ3v) is 3.49. The molecular formula is C12H15ClN4S. The van der Waals surface area contributed by atoms with Gasteiger partial charge < -0.3 is 5.32 Å². The van der Waals surface area contributed by atoms with Crippen LogP contribution in [0.5, 0.6) is 0 Å². The molecule has 2 aromatic rings. The molecule has 6 heteroatoms. The van der Waals surface area contributed by atoms with Crippen LogP contribution in [-0.2, 0) is 13.1 Å². The Morgan fingerprint density at radius 3 is 2.89 bits per heavy atom. The fourth-order valence-corrected chi connectivity index (χ4v) is 2.35. The molecule has 0 aliphatic rings. The van der Waals surface area contributed by atoms with Gasteiger partial charge in [-0.05, 0) is 19.2 Å². The molecule has 0 amide bonds. The van der Waals surface area contributed by atoms with Gasteiger partial charge in [-0.15, -0.1) is 11.3 Å². The molecule has 0 bridgehead atoms. The van der Waals surface area contributed by atoms with Crippen molar-refractivity contribution in [3.63, 3.8) is 0 Å². The number of nitrogens with zero attached hydrogens (tertiary/aromatic N) is 3. The molecular weight excluding hydrogens is 268 g/mol. The summed E-state index contributed by atoms with van der Waals surface area (Å²) in [5, 5.41) is 5.76. The Morgan fingerprint density at radius 2 is 2.22 bits per heavy atom. The zero-order chi connectivity index (χ0) is 13.0. The Balaban J connectivity index is 2.04. The van der Waals surface area contributed by atoms with Crippen molar-refractivity contribution in [2.75, 3.05) is 19.4 Å². The molecule has 2 rings (SSSR count). The fourth-order valence-electron chi connectivity index (χ4n) is 1.64. The molecule has 0 atom stereocenters. The largest absolute Gasteiger partial charge is 0.373 e. The highest BCUT2D eigenvalue weighted by atomic mass is 35.5. The van der Waals surface area contributed by atoms with E-state index in [2.05, 4.69) is 25.6 Å². The molecule has 2 aromatic heterocycles. The molecule has 0 saturated carbocycles. The lowest BCUT2D eigenvalue weighted by Gasteiger charge is -2.16. The topological polar surface area (TPSA) is 41.0 Å². The average molecular weight is 283 g/mol. The number of nitrogens with one attached hydrogen (secondary N) is 1. The Bertz CT molecular complexity index is 501. The summed E-state index contributed by atoms with van der Waals surface area (Å²) in [5.41, 5.74) is 3.79. The van der Waals surface area contributed by atoms with Crippen molar-refractivity contribution in [1.82, 2.24) is 14.9 Å². The fraction of sp³-hybridized carbons (Fsp3) is 0.333. The Kier molecular flexibility index (Phi) is 4.52. The zero-order valence-electron chi connectivity index (χ0n) is 10.4. The first-order valence-electron chi connectivity index (χ1n) is 5.58. The minimum atomic E-state index is 0.694. The van der Waals surface area contributed by atoms with Gasteiger partial charge in [0.2, 0.25) is 0 Å². The summed E-state index contributed by atoms with van der Waals surface area (Å²) < 4.78 is 0. The molecule has 0 fully saturated rings. The van der Waals surface area contributed by atoms with Crippen molar-refractivity contribution >= 4 is 28.8 Å². The van der Waals surface area contributed by atoms with Crippen LogP contribution < -0.4 is 5.32 Å². The molecule has 0 unspecified atom stereocenters. The summed E-state index contributed by atoms with van der Waals surface area (Å²) in [4.78, 5) is 10.9. The van der Waals surface area contributed by atoms with Gasteiger partial charge in [0.15, 0.2) is 0 Å². The predicted molar refractivity (Wildman–Crippen MR) is 76.1 cm³/mol. The lowest BCUT2D eigenvalue weighted by molar-refractivity contribution is 0.312. The van der Waals surface area contributed by atoms with Gasteiger partial charge in [-0.25, -0.2) is 9.97 Å². The Labute approximate surface area is 116 Å². The Hall–Kier alpha value is -1.17. The smallest absolute Gasteiger partial charge is 0.126 e. The molecule has 4 nitrogen and oxygen atoms in total. The van der Waals surface area contributed by atoms with Crippen LogP contribution in [0, 0.1) is 0 Å². The van der Waals surface area contributed by atoms with Gasteiger partial charge >= 0.3 is 0 Å². The normalized spacial score (nSPS) is 10.9. The third kappa shape index (κ3) is 3.41. The van der Waals surface area contributed by atoms with Crippen LogP contribution in [0.2, 0.25) is 5.02 Å². The van der Waals surface area contributed by atoms with Gasteiger partial charge in [0.05, 0.1) is 21.9 Å². The van der Waals surface area contributed by atoms with Gasteiger partial charge in [0, 0.05) is 25.5 Å². The molecule has 0 spiro atoms. The van der Waals surface area contributed by atoms with Crippen LogP contribution in [-0.4, -0.2) is 29.0 Å². The minimum Gasteiger partial charge on any atom is -0.373 e. The maximum atomic E-state index is 6.15. The van der Waals surface area contributed by atoms with Gasteiger partial charge in [-0.2, -0.15) is 0 Å². The quantitative estimate of drug-likeness (QED) is 0.916. The number of halogens is 1. The molecule has 1 N–H and O–H groups in total. The molecule has 0 radical (unpaired) electrons. The van der Waals surface area contributed by atoms with E-state index in [1.54, 1.807) is 11.3 Å². The van der Waals surface area contributed by atoms with Crippen molar-refractivity contribution < 1.29 is 0 Å². The van der Waals surface area contributed by atoms with Gasteiger partial charge in [0.25, 0.3) is 0 Å². The van der Waals surface area contributed by atoms with Crippen LogP contribution in [0.4, 0.5) is 5.82 Å². The van der Waals surface area contributed by atoms with E-state index in [1.165, 1.54) is 0 Å². The van der Waals surface area contributed by atoms with Crippen LogP contribution in [0.25, 0.3) is 0 Å². The molecule has 0 saturated heterocycles. The number of hydrogen-bond donors (Lipinski definition) is 1. The van der Waals surface area contributed by atoms with Crippen LogP contribution in [0.3, 0.4) is 0 Å². The van der Waals surface area contributed by atoms with Gasteiger partial charge in [-0.1, -0.05) is 11.6 Å². The molecule has 0 aliphatic heterocycles. The molecule has 0 aromatic carbocycles. The number of anilines is 1. The van der Waals surface area contributed by atoms with Crippen molar-refractivity contribution in [2.24, 2.45) is 0 Å². The van der Waals surface area contributed by atoms with E-state index in [4.69, 9.17) is 11.6 Å². The first-order chi connectivity index (χ1) is 8.69. The first-order valence-corrected chi connectivity index (χ1v) is 6.90. The molecule has 96 valence electrons. The number of aromatic nitrogens is 2. The maximum absolute atomic E-state index is 6.15. The second-order valence-electron chi connectivity index (χ2n) is 4.03. The third-order valence-electron chi connectivity index (χ3n) is 2.51. The Morgan fingerprint density at radius 1 is 1.39 bits per heavy atom. The summed E-state index contributed by atoms with van der Waals surface area (Å²) in [6.45, 7) is 1.50. The van der Waals surface area contributed by atoms with Crippen molar-refractivity contribution in [3.05, 3.63) is 39.4 Å². The van der Waals surface area contributed by atoms with E-state index in [-0.39, 0.29) is 0 Å². The van der Waals surface area contributed by atoms with Gasteiger partial charge in [-0.3, -0.25) is 4.90 Å². The van der Waals surface area contributed by atoms with Crippen LogP contribution >= 0.6 is 22.9 Å². The summed E-state index contributed by atoms with van der Waals surface area (Å²) in [6.07, 6.45) is 0. The van der Waals surface area contributed by atoms with Crippen molar-refractivity contribution in [3.8, 4) is 0 Å². The second kappa shape index (κ2) is 6.13. The summed E-state index contributed by atoms with van der Waals surface area (Å²) in [5.74, 6) is 0.830. The lowest BCUT2D eigenvalue weighted by atomic mass is 10.3. The summed E-state index contributed by atoms with van der Waals surface area (Å²) >= 11 is 7.76. The number of thiazole rings is 1. The van der Waals surface area contributed by atoms with E-state index < -0.39 is 0 Å². The number of hydrogen-bond acceptors (Lipinski definition) is 5. The average Bonchev–Trinajstić information content (AvgIpc) is 2.84. The van der Waals surface area contributed by atoms with E-state index in [0.29, 0.717) is 11.6 Å². The number of rotatable bonds is 5. The van der Waals surface area contributed by atoms with E-state index >= 15 is 0 Å². The molecule has 0 aliphatic carbocycles. The van der Waals surface area contributed by atoms with Crippen molar-refractivity contribution in [2.45, 2.75) is 13.1 Å². The lowest BCUT2D eigenvalue weighted by Crippen LogP contribution is -2.18. The predicted octanol–water partition coefficient (Wildman–Crippen LogP) is 2.87. The highest BCUT2D eigenvalue weighted by molar-refractivity contribution is 7.07.